The minimum absolute atomic E-state index is 0.0567. The van der Waals surface area contributed by atoms with E-state index in [4.69, 9.17) is 4.42 Å². The highest BCUT2D eigenvalue weighted by molar-refractivity contribution is 6.00. The third kappa shape index (κ3) is 3.74. The second kappa shape index (κ2) is 7.11. The number of aliphatic hydroxyl groups excluding tert-OH is 1. The topological polar surface area (TPSA) is 82.8 Å². The van der Waals surface area contributed by atoms with Crippen molar-refractivity contribution in [2.75, 3.05) is 18.0 Å². The summed E-state index contributed by atoms with van der Waals surface area (Å²) < 4.78 is 4.91. The molecule has 132 valence electrons. The molecule has 1 fully saturated rings. The molecule has 2 N–H and O–H groups in total. The molecular weight excluding hydrogens is 320 g/mol. The van der Waals surface area contributed by atoms with E-state index in [1.165, 1.54) is 12.5 Å². The summed E-state index contributed by atoms with van der Waals surface area (Å²) in [4.78, 5) is 26.3. The summed E-state index contributed by atoms with van der Waals surface area (Å²) in [5.74, 6) is -0.688. The summed E-state index contributed by atoms with van der Waals surface area (Å²) in [5.41, 5.74) is 3.71. The molecule has 3 rings (SSSR count). The second-order valence-electron chi connectivity index (χ2n) is 6.49. The van der Waals surface area contributed by atoms with E-state index in [-0.39, 0.29) is 24.8 Å². The maximum Gasteiger partial charge on any atom is 0.227 e. The van der Waals surface area contributed by atoms with Crippen molar-refractivity contribution in [2.45, 2.75) is 26.4 Å². The van der Waals surface area contributed by atoms with Crippen molar-refractivity contribution in [2.24, 2.45) is 5.92 Å². The van der Waals surface area contributed by atoms with Crippen LogP contribution in [0, 0.1) is 19.8 Å². The van der Waals surface area contributed by atoms with Crippen LogP contribution in [0.4, 0.5) is 5.69 Å². The Bertz CT molecular complexity index is 770. The van der Waals surface area contributed by atoms with Gasteiger partial charge in [-0.2, -0.15) is 0 Å². The average molecular weight is 342 g/mol. The number of aryl methyl sites for hydroxylation is 2. The molecule has 2 aromatic rings. The third-order valence-electron chi connectivity index (χ3n) is 4.70. The smallest absolute Gasteiger partial charge is 0.227 e. The van der Waals surface area contributed by atoms with Crippen LogP contribution in [-0.2, 0) is 9.59 Å². The number of benzene rings is 1. The molecule has 1 saturated heterocycles. The minimum Gasteiger partial charge on any atom is -0.472 e. The number of amides is 2. The lowest BCUT2D eigenvalue weighted by Crippen LogP contribution is -2.35. The molecular formula is C19H22N2O4. The van der Waals surface area contributed by atoms with Crippen molar-refractivity contribution in [3.8, 4) is 0 Å². The fraction of sp³-hybridized carbons (Fsp3) is 0.368. The van der Waals surface area contributed by atoms with Gasteiger partial charge in [-0.3, -0.25) is 9.59 Å². The van der Waals surface area contributed by atoms with Gasteiger partial charge in [0.25, 0.3) is 0 Å². The van der Waals surface area contributed by atoms with Gasteiger partial charge in [-0.25, -0.2) is 0 Å². The first-order valence-electron chi connectivity index (χ1n) is 8.31. The van der Waals surface area contributed by atoms with E-state index in [9.17, 15) is 14.7 Å². The van der Waals surface area contributed by atoms with Gasteiger partial charge in [-0.1, -0.05) is 6.07 Å². The van der Waals surface area contributed by atoms with E-state index in [1.54, 1.807) is 11.0 Å². The van der Waals surface area contributed by atoms with Gasteiger partial charge in [-0.15, -0.1) is 0 Å². The van der Waals surface area contributed by atoms with Gasteiger partial charge in [0.1, 0.15) is 0 Å². The van der Waals surface area contributed by atoms with Gasteiger partial charge in [-0.05, 0) is 43.2 Å². The number of rotatable bonds is 5. The molecule has 1 aromatic heterocycles. The van der Waals surface area contributed by atoms with E-state index < -0.39 is 12.0 Å². The Morgan fingerprint density at radius 1 is 1.36 bits per heavy atom. The number of carbonyl (C=O) groups is 2. The molecule has 1 aliphatic rings. The van der Waals surface area contributed by atoms with Crippen LogP contribution in [0.5, 0.6) is 0 Å². The third-order valence-corrected chi connectivity index (χ3v) is 4.70. The van der Waals surface area contributed by atoms with Crippen molar-refractivity contribution < 1.29 is 19.1 Å². The number of hydrogen-bond acceptors (Lipinski definition) is 4. The zero-order valence-corrected chi connectivity index (χ0v) is 14.4. The lowest BCUT2D eigenvalue weighted by molar-refractivity contribution is -0.126. The summed E-state index contributed by atoms with van der Waals surface area (Å²) in [6, 6.07) is 7.50. The van der Waals surface area contributed by atoms with Crippen LogP contribution in [0.1, 0.15) is 29.2 Å². The van der Waals surface area contributed by atoms with E-state index in [1.807, 2.05) is 32.0 Å². The van der Waals surface area contributed by atoms with Crippen LogP contribution < -0.4 is 10.2 Å². The van der Waals surface area contributed by atoms with Gasteiger partial charge < -0.3 is 19.7 Å². The molecule has 0 saturated carbocycles. The Kier molecular flexibility index (Phi) is 4.90. The molecule has 0 spiro atoms. The van der Waals surface area contributed by atoms with Crippen LogP contribution in [-0.4, -0.2) is 30.0 Å². The van der Waals surface area contributed by atoms with Gasteiger partial charge >= 0.3 is 0 Å². The summed E-state index contributed by atoms with van der Waals surface area (Å²) in [6.07, 6.45) is 2.27. The number of carbonyl (C=O) groups excluding carboxylic acids is 2. The van der Waals surface area contributed by atoms with Crippen molar-refractivity contribution in [1.82, 2.24) is 5.32 Å². The summed E-state index contributed by atoms with van der Waals surface area (Å²) >= 11 is 0. The fourth-order valence-electron chi connectivity index (χ4n) is 2.95. The second-order valence-corrected chi connectivity index (χ2v) is 6.49. The largest absolute Gasteiger partial charge is 0.472 e. The van der Waals surface area contributed by atoms with Crippen LogP contribution in [0.25, 0.3) is 0 Å². The SMILES string of the molecule is Cc1ccc(N2CC(C(=O)NCC(O)c3ccoc3)CC2=O)cc1C. The van der Waals surface area contributed by atoms with Crippen molar-refractivity contribution in [3.63, 3.8) is 0 Å². The Balaban J connectivity index is 1.59. The maximum atomic E-state index is 12.3. The number of furan rings is 1. The molecule has 1 aliphatic heterocycles. The number of hydrogen-bond donors (Lipinski definition) is 2. The van der Waals surface area contributed by atoms with Crippen LogP contribution in [0.15, 0.2) is 41.2 Å². The highest BCUT2D eigenvalue weighted by Gasteiger charge is 2.35. The Morgan fingerprint density at radius 2 is 2.16 bits per heavy atom. The monoisotopic (exact) mass is 342 g/mol. The molecule has 6 nitrogen and oxygen atoms in total. The van der Waals surface area contributed by atoms with Gasteiger partial charge in [0.05, 0.1) is 24.5 Å². The predicted octanol–water partition coefficient (Wildman–Crippen LogP) is 2.10. The highest BCUT2D eigenvalue weighted by atomic mass is 16.3. The molecule has 0 bridgehead atoms. The lowest BCUT2D eigenvalue weighted by Gasteiger charge is -2.18. The van der Waals surface area contributed by atoms with Crippen LogP contribution >= 0.6 is 0 Å². The van der Waals surface area contributed by atoms with Crippen LogP contribution in [0.2, 0.25) is 0 Å². The maximum absolute atomic E-state index is 12.3. The molecule has 0 radical (unpaired) electrons. The van der Waals surface area contributed by atoms with Crippen molar-refractivity contribution in [1.29, 1.82) is 0 Å². The summed E-state index contributed by atoms with van der Waals surface area (Å²) in [7, 11) is 0. The van der Waals surface area contributed by atoms with Crippen LogP contribution in [0.3, 0.4) is 0 Å². The molecule has 2 amide bonds. The van der Waals surface area contributed by atoms with E-state index in [0.29, 0.717) is 12.1 Å². The Morgan fingerprint density at radius 3 is 2.84 bits per heavy atom. The summed E-state index contributed by atoms with van der Waals surface area (Å²) in [6.45, 7) is 4.47. The first-order valence-corrected chi connectivity index (χ1v) is 8.31. The lowest BCUT2D eigenvalue weighted by atomic mass is 10.1. The van der Waals surface area contributed by atoms with E-state index in [0.717, 1.165) is 16.8 Å². The van der Waals surface area contributed by atoms with Crippen molar-refractivity contribution >= 4 is 17.5 Å². The Hall–Kier alpha value is -2.60. The minimum atomic E-state index is -0.823. The Labute approximate surface area is 146 Å². The highest BCUT2D eigenvalue weighted by Crippen LogP contribution is 2.27. The summed E-state index contributed by atoms with van der Waals surface area (Å²) in [5, 5.41) is 12.7. The molecule has 2 heterocycles. The molecule has 2 atom stereocenters. The average Bonchev–Trinajstić information content (AvgIpc) is 3.24. The molecule has 0 aliphatic carbocycles. The van der Waals surface area contributed by atoms with Crippen molar-refractivity contribution in [3.05, 3.63) is 53.5 Å². The standard InChI is InChI=1S/C19H22N2O4/c1-12-3-4-16(7-13(12)2)21-10-15(8-18(21)23)19(24)20-9-17(22)14-5-6-25-11-14/h3-7,11,15,17,22H,8-10H2,1-2H3,(H,20,24). The quantitative estimate of drug-likeness (QED) is 0.872. The number of anilines is 1. The van der Waals surface area contributed by atoms with E-state index >= 15 is 0 Å². The zero-order valence-electron chi connectivity index (χ0n) is 14.4. The number of aliphatic hydroxyl groups is 1. The van der Waals surface area contributed by atoms with Gasteiger partial charge in [0, 0.05) is 30.8 Å². The molecule has 6 heteroatoms. The molecule has 2 unspecified atom stereocenters. The normalized spacial score (nSPS) is 18.4. The zero-order chi connectivity index (χ0) is 18.0. The van der Waals surface area contributed by atoms with Gasteiger partial charge in [0.2, 0.25) is 11.8 Å². The molecule has 1 aromatic carbocycles. The number of nitrogens with one attached hydrogen (secondary N) is 1. The fourth-order valence-corrected chi connectivity index (χ4v) is 2.95. The molecule has 25 heavy (non-hydrogen) atoms. The van der Waals surface area contributed by atoms with Gasteiger partial charge in [0.15, 0.2) is 0 Å². The number of nitrogens with zero attached hydrogens (tertiary/aromatic N) is 1. The first-order chi connectivity index (χ1) is 12.0. The first kappa shape index (κ1) is 17.2. The predicted molar refractivity (Wildman–Crippen MR) is 93.1 cm³/mol. The van der Waals surface area contributed by atoms with E-state index in [2.05, 4.69) is 5.32 Å².